The Hall–Kier alpha value is -2.51. The number of hydrogen-bond acceptors (Lipinski definition) is 4. The van der Waals surface area contributed by atoms with Gasteiger partial charge in [0.15, 0.2) is 0 Å². The Labute approximate surface area is 182 Å². The van der Waals surface area contributed by atoms with E-state index in [1.807, 2.05) is 0 Å². The fraction of sp³-hybridized carbons (Fsp3) is 0.458. The van der Waals surface area contributed by atoms with Gasteiger partial charge in [0, 0.05) is 57.6 Å². The number of anilines is 1. The molecule has 2 aromatic rings. The van der Waals surface area contributed by atoms with Crippen molar-refractivity contribution < 1.29 is 18.3 Å². The van der Waals surface area contributed by atoms with Crippen molar-refractivity contribution in [3.05, 3.63) is 64.7 Å². The number of piperazine rings is 1. The van der Waals surface area contributed by atoms with Gasteiger partial charge in [0.2, 0.25) is 0 Å². The number of benzene rings is 2. The molecule has 0 saturated carbocycles. The first-order valence-electron chi connectivity index (χ1n) is 10.8. The molecule has 166 valence electrons. The second-order valence-electron chi connectivity index (χ2n) is 8.42. The molecule has 2 aliphatic heterocycles. The van der Waals surface area contributed by atoms with Gasteiger partial charge >= 0.3 is 0 Å². The molecule has 0 bridgehead atoms. The average molecular weight is 430 g/mol. The number of nitrogens with zero attached hydrogens (tertiary/aromatic N) is 3. The monoisotopic (exact) mass is 429 g/mol. The molecule has 2 aromatic carbocycles. The van der Waals surface area contributed by atoms with Crippen molar-refractivity contribution in [2.75, 3.05) is 57.3 Å². The van der Waals surface area contributed by atoms with Crippen LogP contribution < -0.4 is 4.90 Å². The first-order valence-corrected chi connectivity index (χ1v) is 10.8. The van der Waals surface area contributed by atoms with Crippen LogP contribution in [0.1, 0.15) is 21.5 Å². The van der Waals surface area contributed by atoms with Crippen LogP contribution in [0.15, 0.2) is 36.4 Å². The van der Waals surface area contributed by atoms with Gasteiger partial charge in [0.25, 0.3) is 5.91 Å². The second kappa shape index (κ2) is 9.32. The molecular formula is C24H29F2N3O2. The average Bonchev–Trinajstić information content (AvgIpc) is 2.76. The summed E-state index contributed by atoms with van der Waals surface area (Å²) in [6, 6.07) is 9.67. The zero-order chi connectivity index (χ0) is 22.0. The lowest BCUT2D eigenvalue weighted by molar-refractivity contribution is -0.0364. The number of rotatable bonds is 4. The van der Waals surface area contributed by atoms with Crippen LogP contribution in [0, 0.1) is 25.5 Å². The first kappa shape index (κ1) is 21.7. The van der Waals surface area contributed by atoms with E-state index in [2.05, 4.69) is 41.8 Å². The van der Waals surface area contributed by atoms with Crippen LogP contribution in [0.25, 0.3) is 0 Å². The lowest BCUT2D eigenvalue weighted by Crippen LogP contribution is -2.53. The molecule has 0 radical (unpaired) electrons. The van der Waals surface area contributed by atoms with Gasteiger partial charge < -0.3 is 14.5 Å². The summed E-state index contributed by atoms with van der Waals surface area (Å²) >= 11 is 0. The predicted octanol–water partition coefficient (Wildman–Crippen LogP) is 3.24. The van der Waals surface area contributed by atoms with Gasteiger partial charge in [-0.2, -0.15) is 0 Å². The highest BCUT2D eigenvalue weighted by atomic mass is 19.1. The molecule has 0 aromatic heterocycles. The Bertz CT molecular complexity index is 944. The minimum Gasteiger partial charge on any atom is -0.373 e. The van der Waals surface area contributed by atoms with Gasteiger partial charge in [0.05, 0.1) is 18.3 Å². The van der Waals surface area contributed by atoms with E-state index >= 15 is 0 Å². The van der Waals surface area contributed by atoms with Gasteiger partial charge in [0.1, 0.15) is 11.6 Å². The summed E-state index contributed by atoms with van der Waals surface area (Å²) in [6.07, 6.45) is -0.116. The third-order valence-corrected chi connectivity index (χ3v) is 6.28. The van der Waals surface area contributed by atoms with E-state index in [4.69, 9.17) is 4.74 Å². The van der Waals surface area contributed by atoms with Gasteiger partial charge in [-0.25, -0.2) is 8.78 Å². The van der Waals surface area contributed by atoms with Crippen molar-refractivity contribution in [3.8, 4) is 0 Å². The van der Waals surface area contributed by atoms with Crippen LogP contribution >= 0.6 is 0 Å². The number of amides is 1. The summed E-state index contributed by atoms with van der Waals surface area (Å²) in [6.45, 7) is 9.97. The van der Waals surface area contributed by atoms with E-state index in [-0.39, 0.29) is 11.7 Å². The summed E-state index contributed by atoms with van der Waals surface area (Å²) in [5.74, 6) is -1.92. The number of hydrogen-bond donors (Lipinski definition) is 0. The maximum Gasteiger partial charge on any atom is 0.257 e. The van der Waals surface area contributed by atoms with Crippen molar-refractivity contribution in [2.24, 2.45) is 0 Å². The van der Waals surface area contributed by atoms with Crippen molar-refractivity contribution >= 4 is 11.6 Å². The summed E-state index contributed by atoms with van der Waals surface area (Å²) in [5.41, 5.74) is 3.77. The Morgan fingerprint density at radius 1 is 1.00 bits per heavy atom. The highest BCUT2D eigenvalue weighted by molar-refractivity contribution is 5.94. The van der Waals surface area contributed by atoms with Gasteiger partial charge in [-0.1, -0.05) is 6.07 Å². The topological polar surface area (TPSA) is 36.0 Å². The maximum atomic E-state index is 14.0. The van der Waals surface area contributed by atoms with Crippen molar-refractivity contribution in [3.63, 3.8) is 0 Å². The van der Waals surface area contributed by atoms with Gasteiger partial charge in [-0.05, 0) is 49.2 Å². The van der Waals surface area contributed by atoms with E-state index in [1.165, 1.54) is 22.9 Å². The predicted molar refractivity (Wildman–Crippen MR) is 117 cm³/mol. The fourth-order valence-electron chi connectivity index (χ4n) is 4.25. The Kier molecular flexibility index (Phi) is 6.53. The number of carbonyl (C=O) groups is 1. The van der Waals surface area contributed by atoms with E-state index in [1.54, 1.807) is 4.90 Å². The zero-order valence-electron chi connectivity index (χ0n) is 18.1. The molecule has 31 heavy (non-hydrogen) atoms. The van der Waals surface area contributed by atoms with E-state index in [0.29, 0.717) is 19.7 Å². The third-order valence-electron chi connectivity index (χ3n) is 6.28. The molecule has 1 atom stereocenters. The van der Waals surface area contributed by atoms with Crippen LogP contribution in [0.3, 0.4) is 0 Å². The number of aryl methyl sites for hydroxylation is 2. The molecule has 2 aliphatic rings. The van der Waals surface area contributed by atoms with E-state index in [0.717, 1.165) is 44.9 Å². The number of ether oxygens (including phenoxy) is 1. The molecule has 5 nitrogen and oxygen atoms in total. The molecule has 0 aliphatic carbocycles. The summed E-state index contributed by atoms with van der Waals surface area (Å²) in [4.78, 5) is 19.1. The molecule has 1 amide bonds. The fourth-order valence-corrected chi connectivity index (χ4v) is 4.25. The van der Waals surface area contributed by atoms with Crippen LogP contribution in [-0.4, -0.2) is 74.2 Å². The Morgan fingerprint density at radius 3 is 2.48 bits per heavy atom. The Morgan fingerprint density at radius 2 is 1.77 bits per heavy atom. The van der Waals surface area contributed by atoms with Crippen LogP contribution in [0.5, 0.6) is 0 Å². The molecular weight excluding hydrogens is 400 g/mol. The molecule has 1 unspecified atom stereocenters. The molecule has 0 spiro atoms. The van der Waals surface area contributed by atoms with Crippen molar-refractivity contribution in [1.29, 1.82) is 0 Å². The van der Waals surface area contributed by atoms with E-state index < -0.39 is 17.5 Å². The highest BCUT2D eigenvalue weighted by Crippen LogP contribution is 2.21. The van der Waals surface area contributed by atoms with Crippen LogP contribution in [-0.2, 0) is 4.74 Å². The normalized spacial score (nSPS) is 20.2. The standard InChI is InChI=1S/C24H29F2N3O2/c1-17-3-5-20(13-18(17)2)28-9-7-27(8-10-28)15-21-16-29(11-12-31-21)24(30)22-6-4-19(25)14-23(22)26/h3-6,13-14,21H,7-12,15-16H2,1-2H3. The summed E-state index contributed by atoms with van der Waals surface area (Å²) < 4.78 is 33.1. The lowest BCUT2D eigenvalue weighted by atomic mass is 10.1. The molecule has 0 N–H and O–H groups in total. The molecule has 4 rings (SSSR count). The maximum absolute atomic E-state index is 14.0. The van der Waals surface area contributed by atoms with Crippen LogP contribution in [0.2, 0.25) is 0 Å². The van der Waals surface area contributed by atoms with Crippen molar-refractivity contribution in [1.82, 2.24) is 9.80 Å². The van der Waals surface area contributed by atoms with Gasteiger partial charge in [-0.15, -0.1) is 0 Å². The number of carbonyl (C=O) groups excluding carboxylic acids is 1. The zero-order valence-corrected chi connectivity index (χ0v) is 18.1. The second-order valence-corrected chi connectivity index (χ2v) is 8.42. The lowest BCUT2D eigenvalue weighted by Gasteiger charge is -2.40. The summed E-state index contributed by atoms with van der Waals surface area (Å²) in [7, 11) is 0. The first-order chi connectivity index (χ1) is 14.9. The minimum atomic E-state index is -0.824. The van der Waals surface area contributed by atoms with Gasteiger partial charge in [-0.3, -0.25) is 9.69 Å². The molecule has 2 saturated heterocycles. The highest BCUT2D eigenvalue weighted by Gasteiger charge is 2.29. The largest absolute Gasteiger partial charge is 0.373 e. The SMILES string of the molecule is Cc1ccc(N2CCN(CC3CN(C(=O)c4ccc(F)cc4F)CCO3)CC2)cc1C. The quantitative estimate of drug-likeness (QED) is 0.748. The Balaban J connectivity index is 1.31. The summed E-state index contributed by atoms with van der Waals surface area (Å²) in [5, 5.41) is 0. The number of halogens is 2. The molecule has 2 heterocycles. The number of morpholine rings is 1. The minimum absolute atomic E-state index is 0.0935. The molecule has 2 fully saturated rings. The van der Waals surface area contributed by atoms with Crippen LogP contribution in [0.4, 0.5) is 14.5 Å². The third kappa shape index (κ3) is 5.05. The van der Waals surface area contributed by atoms with Crippen molar-refractivity contribution in [2.45, 2.75) is 20.0 Å². The van der Waals surface area contributed by atoms with E-state index in [9.17, 15) is 13.6 Å². The smallest absolute Gasteiger partial charge is 0.257 e. The molecule has 7 heteroatoms.